The van der Waals surface area contributed by atoms with Gasteiger partial charge in [0.25, 0.3) is 0 Å². The molecule has 0 aliphatic rings. The van der Waals surface area contributed by atoms with Crippen molar-refractivity contribution in [3.63, 3.8) is 0 Å². The van der Waals surface area contributed by atoms with Crippen molar-refractivity contribution in [1.29, 1.82) is 0 Å². The van der Waals surface area contributed by atoms with Gasteiger partial charge in [-0.15, -0.1) is 0 Å². The van der Waals surface area contributed by atoms with Gasteiger partial charge in [-0.2, -0.15) is 0 Å². The highest BCUT2D eigenvalue weighted by atomic mass is 16.5. The van der Waals surface area contributed by atoms with E-state index >= 15 is 0 Å². The standard InChI is InChI=1S/C21H26N2O3/c1-4-13-25-20-8-6-5-7-19(20)22-15-21(24)23-14-17-9-11-18(12-10-17)26-16(2)3/h4-12,16,22H,1,13-15H2,2-3H3,(H,23,24). The minimum Gasteiger partial charge on any atom is -0.491 e. The molecule has 0 unspecified atom stereocenters. The van der Waals surface area contributed by atoms with Crippen molar-refractivity contribution in [3.8, 4) is 11.5 Å². The maximum absolute atomic E-state index is 12.1. The molecule has 138 valence electrons. The second-order valence-corrected chi connectivity index (χ2v) is 6.04. The minimum absolute atomic E-state index is 0.0916. The number of anilines is 1. The molecule has 0 atom stereocenters. The van der Waals surface area contributed by atoms with Crippen molar-refractivity contribution in [2.75, 3.05) is 18.5 Å². The Hall–Kier alpha value is -2.95. The number of carbonyl (C=O) groups excluding carboxylic acids is 1. The fourth-order valence-corrected chi connectivity index (χ4v) is 2.28. The van der Waals surface area contributed by atoms with Crippen LogP contribution in [-0.2, 0) is 11.3 Å². The van der Waals surface area contributed by atoms with Gasteiger partial charge in [-0.05, 0) is 43.7 Å². The van der Waals surface area contributed by atoms with Gasteiger partial charge in [-0.25, -0.2) is 0 Å². The Bertz CT molecular complexity index is 711. The molecule has 26 heavy (non-hydrogen) atoms. The van der Waals surface area contributed by atoms with Crippen LogP contribution in [0.2, 0.25) is 0 Å². The molecule has 0 spiro atoms. The molecule has 0 saturated heterocycles. The van der Waals surface area contributed by atoms with Gasteiger partial charge < -0.3 is 20.1 Å². The second-order valence-electron chi connectivity index (χ2n) is 6.04. The maximum atomic E-state index is 12.1. The number of benzene rings is 2. The molecule has 0 aliphatic heterocycles. The van der Waals surface area contributed by atoms with E-state index in [2.05, 4.69) is 17.2 Å². The van der Waals surface area contributed by atoms with Gasteiger partial charge in [-0.3, -0.25) is 4.79 Å². The number of hydrogen-bond acceptors (Lipinski definition) is 4. The Kier molecular flexibility index (Phi) is 7.55. The molecule has 5 heteroatoms. The van der Waals surface area contributed by atoms with Crippen molar-refractivity contribution in [2.45, 2.75) is 26.5 Å². The number of rotatable bonds is 10. The summed E-state index contributed by atoms with van der Waals surface area (Å²) in [5.41, 5.74) is 1.80. The SMILES string of the molecule is C=CCOc1ccccc1NCC(=O)NCc1ccc(OC(C)C)cc1. The molecule has 2 N–H and O–H groups in total. The van der Waals surface area contributed by atoms with Gasteiger partial charge in [0.15, 0.2) is 0 Å². The fraction of sp³-hybridized carbons (Fsp3) is 0.286. The van der Waals surface area contributed by atoms with Gasteiger partial charge in [-0.1, -0.05) is 36.9 Å². The topological polar surface area (TPSA) is 59.6 Å². The fourth-order valence-electron chi connectivity index (χ4n) is 2.28. The third-order valence-corrected chi connectivity index (χ3v) is 3.47. The first-order chi connectivity index (χ1) is 12.6. The van der Waals surface area contributed by atoms with Gasteiger partial charge in [0, 0.05) is 6.54 Å². The lowest BCUT2D eigenvalue weighted by Gasteiger charge is -2.13. The molecule has 0 heterocycles. The van der Waals surface area contributed by atoms with Crippen molar-refractivity contribution >= 4 is 11.6 Å². The quantitative estimate of drug-likeness (QED) is 0.638. The molecular weight excluding hydrogens is 328 g/mol. The van der Waals surface area contributed by atoms with Crippen LogP contribution in [0.25, 0.3) is 0 Å². The summed E-state index contributed by atoms with van der Waals surface area (Å²) in [6, 6.07) is 15.2. The van der Waals surface area contributed by atoms with E-state index in [4.69, 9.17) is 9.47 Å². The highest BCUT2D eigenvalue weighted by molar-refractivity contribution is 5.81. The zero-order valence-corrected chi connectivity index (χ0v) is 15.3. The molecule has 2 aromatic carbocycles. The van der Waals surface area contributed by atoms with Crippen LogP contribution in [0.4, 0.5) is 5.69 Å². The summed E-state index contributed by atoms with van der Waals surface area (Å²) in [4.78, 5) is 12.1. The first-order valence-electron chi connectivity index (χ1n) is 8.67. The summed E-state index contributed by atoms with van der Waals surface area (Å²) in [5.74, 6) is 1.43. The van der Waals surface area contributed by atoms with Crippen LogP contribution in [0.3, 0.4) is 0 Å². The largest absolute Gasteiger partial charge is 0.491 e. The predicted molar refractivity (Wildman–Crippen MR) is 105 cm³/mol. The Morgan fingerprint density at radius 2 is 1.88 bits per heavy atom. The first kappa shape index (κ1) is 19.4. The van der Waals surface area contributed by atoms with E-state index in [-0.39, 0.29) is 18.6 Å². The van der Waals surface area contributed by atoms with Crippen LogP contribution >= 0.6 is 0 Å². The Morgan fingerprint density at radius 3 is 2.58 bits per heavy atom. The molecule has 2 aromatic rings. The molecule has 1 amide bonds. The van der Waals surface area contributed by atoms with Crippen LogP contribution in [-0.4, -0.2) is 25.2 Å². The van der Waals surface area contributed by atoms with E-state index in [1.807, 2.05) is 62.4 Å². The molecule has 0 saturated carbocycles. The van der Waals surface area contributed by atoms with Crippen LogP contribution in [0.5, 0.6) is 11.5 Å². The lowest BCUT2D eigenvalue weighted by molar-refractivity contribution is -0.119. The van der Waals surface area contributed by atoms with E-state index in [9.17, 15) is 4.79 Å². The third kappa shape index (κ3) is 6.51. The van der Waals surface area contributed by atoms with Crippen LogP contribution in [0.15, 0.2) is 61.2 Å². The van der Waals surface area contributed by atoms with Crippen molar-refractivity contribution in [2.24, 2.45) is 0 Å². The molecule has 0 aromatic heterocycles. The summed E-state index contributed by atoms with van der Waals surface area (Å²) in [5, 5.41) is 5.99. The molecular formula is C21H26N2O3. The normalized spacial score (nSPS) is 10.3. The number of hydrogen-bond donors (Lipinski definition) is 2. The molecule has 2 rings (SSSR count). The molecule has 0 bridgehead atoms. The smallest absolute Gasteiger partial charge is 0.239 e. The van der Waals surface area contributed by atoms with Gasteiger partial charge in [0.2, 0.25) is 5.91 Å². The molecule has 5 nitrogen and oxygen atoms in total. The lowest BCUT2D eigenvalue weighted by atomic mass is 10.2. The Balaban J connectivity index is 1.79. The average Bonchev–Trinajstić information content (AvgIpc) is 2.64. The minimum atomic E-state index is -0.0916. The number of nitrogens with one attached hydrogen (secondary N) is 2. The zero-order chi connectivity index (χ0) is 18.8. The van der Waals surface area contributed by atoms with E-state index in [1.54, 1.807) is 6.08 Å². The Labute approximate surface area is 155 Å². The van der Waals surface area contributed by atoms with E-state index in [0.29, 0.717) is 18.9 Å². The highest BCUT2D eigenvalue weighted by Crippen LogP contribution is 2.23. The van der Waals surface area contributed by atoms with E-state index in [0.717, 1.165) is 17.0 Å². The van der Waals surface area contributed by atoms with Gasteiger partial charge >= 0.3 is 0 Å². The number of para-hydroxylation sites is 2. The third-order valence-electron chi connectivity index (χ3n) is 3.47. The first-order valence-corrected chi connectivity index (χ1v) is 8.67. The molecule has 0 fully saturated rings. The highest BCUT2D eigenvalue weighted by Gasteiger charge is 2.06. The molecule has 0 aliphatic carbocycles. The summed E-state index contributed by atoms with van der Waals surface area (Å²) in [6.07, 6.45) is 1.83. The lowest BCUT2D eigenvalue weighted by Crippen LogP contribution is -2.29. The summed E-state index contributed by atoms with van der Waals surface area (Å²) < 4.78 is 11.2. The van der Waals surface area contributed by atoms with E-state index < -0.39 is 0 Å². The van der Waals surface area contributed by atoms with Crippen molar-refractivity contribution in [3.05, 3.63) is 66.7 Å². The number of carbonyl (C=O) groups is 1. The second kappa shape index (κ2) is 10.1. The van der Waals surface area contributed by atoms with E-state index in [1.165, 1.54) is 0 Å². The summed E-state index contributed by atoms with van der Waals surface area (Å²) >= 11 is 0. The average molecular weight is 354 g/mol. The predicted octanol–water partition coefficient (Wildman–Crippen LogP) is 3.77. The number of amides is 1. The van der Waals surface area contributed by atoms with Crippen molar-refractivity contribution in [1.82, 2.24) is 5.32 Å². The summed E-state index contributed by atoms with van der Waals surface area (Å²) in [6.45, 7) is 8.67. The zero-order valence-electron chi connectivity index (χ0n) is 15.3. The monoisotopic (exact) mass is 354 g/mol. The van der Waals surface area contributed by atoms with Crippen LogP contribution < -0.4 is 20.1 Å². The maximum Gasteiger partial charge on any atom is 0.239 e. The van der Waals surface area contributed by atoms with Gasteiger partial charge in [0.1, 0.15) is 18.1 Å². The number of ether oxygens (including phenoxy) is 2. The Morgan fingerprint density at radius 1 is 1.15 bits per heavy atom. The van der Waals surface area contributed by atoms with Gasteiger partial charge in [0.05, 0.1) is 18.3 Å². The van der Waals surface area contributed by atoms with Crippen LogP contribution in [0.1, 0.15) is 19.4 Å². The molecule has 0 radical (unpaired) electrons. The summed E-state index contributed by atoms with van der Waals surface area (Å²) in [7, 11) is 0. The van der Waals surface area contributed by atoms with Crippen LogP contribution in [0, 0.1) is 0 Å². The van der Waals surface area contributed by atoms with Crippen molar-refractivity contribution < 1.29 is 14.3 Å².